The molecule has 162 valence electrons. The first-order valence-corrected chi connectivity index (χ1v) is 11.5. The molecule has 4 rings (SSSR count). The Morgan fingerprint density at radius 3 is 2.48 bits per heavy atom. The maximum absolute atomic E-state index is 13.0. The number of thiophene rings is 1. The van der Waals surface area contributed by atoms with Crippen molar-refractivity contribution in [3.05, 3.63) is 46.6 Å². The van der Waals surface area contributed by atoms with Gasteiger partial charge in [0.05, 0.1) is 22.4 Å². The molecule has 1 amide bonds. The van der Waals surface area contributed by atoms with Gasteiger partial charge in [-0.2, -0.15) is 0 Å². The van der Waals surface area contributed by atoms with Gasteiger partial charge in [0.1, 0.15) is 17.0 Å². The summed E-state index contributed by atoms with van der Waals surface area (Å²) in [5, 5.41) is 3.89. The number of nitrogens with one attached hydrogen (secondary N) is 1. The molecule has 8 heteroatoms. The van der Waals surface area contributed by atoms with Gasteiger partial charge in [0.2, 0.25) is 0 Å². The van der Waals surface area contributed by atoms with Gasteiger partial charge >= 0.3 is 5.97 Å². The highest BCUT2D eigenvalue weighted by atomic mass is 32.1. The van der Waals surface area contributed by atoms with Crippen molar-refractivity contribution in [1.82, 2.24) is 9.97 Å². The van der Waals surface area contributed by atoms with Crippen LogP contribution in [-0.2, 0) is 4.74 Å². The van der Waals surface area contributed by atoms with Gasteiger partial charge in [-0.15, -0.1) is 11.3 Å². The number of aromatic nitrogens is 2. The first kappa shape index (κ1) is 21.2. The van der Waals surface area contributed by atoms with E-state index in [1.807, 2.05) is 6.92 Å². The number of fused-ring (bicyclic) bond motifs is 1. The summed E-state index contributed by atoms with van der Waals surface area (Å²) in [6.07, 6.45) is 6.40. The second-order valence-corrected chi connectivity index (χ2v) is 8.59. The third-order valence-corrected chi connectivity index (χ3v) is 6.67. The third kappa shape index (κ3) is 4.54. The minimum absolute atomic E-state index is 0.189. The summed E-state index contributed by atoms with van der Waals surface area (Å²) >= 11 is 1.39. The summed E-state index contributed by atoms with van der Waals surface area (Å²) in [6, 6.07) is 6.70. The molecule has 3 heterocycles. The molecule has 1 N–H and O–H groups in total. The fraction of sp³-hybridized carbons (Fsp3) is 0.391. The van der Waals surface area contributed by atoms with Crippen LogP contribution in [0.5, 0.6) is 0 Å². The molecule has 1 aliphatic rings. The Bertz CT molecular complexity index is 1090. The lowest BCUT2D eigenvalue weighted by atomic mass is 10.1. The van der Waals surface area contributed by atoms with Crippen molar-refractivity contribution in [2.45, 2.75) is 39.5 Å². The zero-order valence-corrected chi connectivity index (χ0v) is 18.6. The van der Waals surface area contributed by atoms with Crippen molar-refractivity contribution in [3.63, 3.8) is 0 Å². The lowest BCUT2D eigenvalue weighted by Crippen LogP contribution is -2.25. The zero-order chi connectivity index (χ0) is 21.8. The summed E-state index contributed by atoms with van der Waals surface area (Å²) in [4.78, 5) is 37.6. The Balaban J connectivity index is 1.58. The molecule has 1 saturated heterocycles. The largest absolute Gasteiger partial charge is 0.462 e. The number of anilines is 2. The van der Waals surface area contributed by atoms with Crippen molar-refractivity contribution in [2.75, 3.05) is 29.9 Å². The second kappa shape index (κ2) is 9.43. The number of benzene rings is 1. The van der Waals surface area contributed by atoms with Gasteiger partial charge in [-0.1, -0.05) is 12.8 Å². The molecule has 3 aromatic rings. The van der Waals surface area contributed by atoms with Crippen molar-refractivity contribution in [1.29, 1.82) is 0 Å². The number of carbonyl (C=O) groups excluding carboxylic acids is 2. The van der Waals surface area contributed by atoms with Gasteiger partial charge in [0.15, 0.2) is 0 Å². The zero-order valence-electron chi connectivity index (χ0n) is 17.8. The third-order valence-electron chi connectivity index (χ3n) is 5.47. The topological polar surface area (TPSA) is 84.4 Å². The van der Waals surface area contributed by atoms with Crippen LogP contribution in [0.2, 0.25) is 0 Å². The smallest absolute Gasteiger partial charge is 0.338 e. The Kier molecular flexibility index (Phi) is 6.46. The lowest BCUT2D eigenvalue weighted by molar-refractivity contribution is 0.0526. The van der Waals surface area contributed by atoms with E-state index in [9.17, 15) is 9.59 Å². The second-order valence-electron chi connectivity index (χ2n) is 7.59. The van der Waals surface area contributed by atoms with Gasteiger partial charge < -0.3 is 15.0 Å². The molecule has 0 bridgehead atoms. The minimum atomic E-state index is -0.375. The highest BCUT2D eigenvalue weighted by Gasteiger charge is 2.22. The van der Waals surface area contributed by atoms with E-state index in [-0.39, 0.29) is 11.9 Å². The number of carbonyl (C=O) groups is 2. The molecular weight excluding hydrogens is 412 g/mol. The number of esters is 1. The van der Waals surface area contributed by atoms with E-state index in [0.717, 1.165) is 47.5 Å². The van der Waals surface area contributed by atoms with E-state index < -0.39 is 0 Å². The van der Waals surface area contributed by atoms with Crippen LogP contribution in [0.3, 0.4) is 0 Å². The molecule has 0 saturated carbocycles. The van der Waals surface area contributed by atoms with Gasteiger partial charge in [0, 0.05) is 18.8 Å². The Hall–Kier alpha value is -3.00. The number of ether oxygens (including phenoxy) is 1. The average Bonchev–Trinajstić information content (AvgIpc) is 2.94. The van der Waals surface area contributed by atoms with Gasteiger partial charge in [-0.25, -0.2) is 14.8 Å². The number of amides is 1. The van der Waals surface area contributed by atoms with Gasteiger partial charge in [-0.05, 0) is 56.5 Å². The molecule has 0 spiro atoms. The molecule has 2 aromatic heterocycles. The predicted octanol–water partition coefficient (Wildman–Crippen LogP) is 4.81. The van der Waals surface area contributed by atoms with Crippen LogP contribution in [0.15, 0.2) is 30.6 Å². The number of nitrogens with zero attached hydrogens (tertiary/aromatic N) is 3. The molecular formula is C23H26N4O3S. The highest BCUT2D eigenvalue weighted by molar-refractivity contribution is 7.20. The Labute approximate surface area is 185 Å². The fourth-order valence-electron chi connectivity index (χ4n) is 3.88. The molecule has 0 aliphatic carbocycles. The van der Waals surface area contributed by atoms with E-state index in [4.69, 9.17) is 4.74 Å². The number of hydrogen-bond acceptors (Lipinski definition) is 7. The monoisotopic (exact) mass is 438 g/mol. The summed E-state index contributed by atoms with van der Waals surface area (Å²) in [5.41, 5.74) is 1.98. The maximum Gasteiger partial charge on any atom is 0.338 e. The average molecular weight is 439 g/mol. The van der Waals surface area contributed by atoms with Crippen molar-refractivity contribution < 1.29 is 14.3 Å². The molecule has 1 fully saturated rings. The van der Waals surface area contributed by atoms with Crippen LogP contribution in [0, 0.1) is 6.92 Å². The van der Waals surface area contributed by atoms with E-state index in [1.54, 1.807) is 37.5 Å². The number of aryl methyl sites for hydroxylation is 1. The highest BCUT2D eigenvalue weighted by Crippen LogP contribution is 2.36. The van der Waals surface area contributed by atoms with Crippen LogP contribution in [0.25, 0.3) is 10.2 Å². The van der Waals surface area contributed by atoms with Crippen molar-refractivity contribution in [3.8, 4) is 0 Å². The van der Waals surface area contributed by atoms with Gasteiger partial charge in [-0.3, -0.25) is 4.79 Å². The van der Waals surface area contributed by atoms with Crippen LogP contribution in [-0.4, -0.2) is 41.5 Å². The van der Waals surface area contributed by atoms with Crippen molar-refractivity contribution >= 4 is 44.9 Å². The van der Waals surface area contributed by atoms with Crippen LogP contribution >= 0.6 is 11.3 Å². The molecule has 0 unspecified atom stereocenters. The predicted molar refractivity (Wildman–Crippen MR) is 123 cm³/mol. The van der Waals surface area contributed by atoms with E-state index in [1.165, 1.54) is 24.2 Å². The molecule has 0 atom stereocenters. The normalized spacial score (nSPS) is 14.3. The summed E-state index contributed by atoms with van der Waals surface area (Å²) in [7, 11) is 0. The molecule has 1 aliphatic heterocycles. The van der Waals surface area contributed by atoms with Crippen molar-refractivity contribution in [2.24, 2.45) is 0 Å². The van der Waals surface area contributed by atoms with Crippen LogP contribution in [0.1, 0.15) is 58.2 Å². The summed E-state index contributed by atoms with van der Waals surface area (Å²) in [5.74, 6) is 0.366. The molecule has 31 heavy (non-hydrogen) atoms. The minimum Gasteiger partial charge on any atom is -0.462 e. The number of rotatable bonds is 5. The SMILES string of the molecule is CCOC(=O)c1ccc(NC(=O)c2sc3ncnc(N4CCCCCC4)c3c2C)cc1. The lowest BCUT2D eigenvalue weighted by Gasteiger charge is -2.22. The summed E-state index contributed by atoms with van der Waals surface area (Å²) < 4.78 is 5.00. The Morgan fingerprint density at radius 2 is 1.81 bits per heavy atom. The summed E-state index contributed by atoms with van der Waals surface area (Å²) in [6.45, 7) is 6.01. The van der Waals surface area contributed by atoms with Gasteiger partial charge in [0.25, 0.3) is 5.91 Å². The van der Waals surface area contributed by atoms with E-state index in [2.05, 4.69) is 20.2 Å². The maximum atomic E-state index is 13.0. The van der Waals surface area contributed by atoms with E-state index >= 15 is 0 Å². The quantitative estimate of drug-likeness (QED) is 0.576. The first-order chi connectivity index (χ1) is 15.1. The molecule has 1 aromatic carbocycles. The van der Waals surface area contributed by atoms with E-state index in [0.29, 0.717) is 22.7 Å². The Morgan fingerprint density at radius 1 is 1.10 bits per heavy atom. The van der Waals surface area contributed by atoms with Crippen LogP contribution in [0.4, 0.5) is 11.5 Å². The fourth-order valence-corrected chi connectivity index (χ4v) is 4.92. The number of hydrogen-bond donors (Lipinski definition) is 1. The standard InChI is InChI=1S/C23H26N4O3S/c1-3-30-23(29)16-8-10-17(11-9-16)26-21(28)19-15(2)18-20(24-14-25-22(18)31-19)27-12-6-4-5-7-13-27/h8-11,14H,3-7,12-13H2,1-2H3,(H,26,28). The molecule has 0 radical (unpaired) electrons. The first-order valence-electron chi connectivity index (χ1n) is 10.7. The molecule has 7 nitrogen and oxygen atoms in total. The van der Waals surface area contributed by atoms with Crippen LogP contribution < -0.4 is 10.2 Å².